The molecule has 0 bridgehead atoms. The lowest BCUT2D eigenvalue weighted by Gasteiger charge is -2.02. The van der Waals surface area contributed by atoms with E-state index in [-0.39, 0.29) is 0 Å². The van der Waals surface area contributed by atoms with Gasteiger partial charge in [0.1, 0.15) is 5.75 Å². The molecule has 0 N–H and O–H groups in total. The molecule has 0 saturated heterocycles. The first-order valence-electron chi connectivity index (χ1n) is 3.73. The summed E-state index contributed by atoms with van der Waals surface area (Å²) in [6, 6.07) is 7.04. The Bertz CT molecular complexity index is 327. The van der Waals surface area contributed by atoms with Gasteiger partial charge in [-0.3, -0.25) is 0 Å². The van der Waals surface area contributed by atoms with Gasteiger partial charge >= 0.3 is 5.97 Å². The van der Waals surface area contributed by atoms with E-state index in [4.69, 9.17) is 4.74 Å². The Morgan fingerprint density at radius 2 is 1.92 bits per heavy atom. The Morgan fingerprint density at radius 1 is 1.38 bits per heavy atom. The molecule has 1 rings (SSSR count). The number of rotatable bonds is 2. The number of carbonyl (C=O) groups excluding carboxylic acids is 1. The Labute approximate surface area is 85.3 Å². The summed E-state index contributed by atoms with van der Waals surface area (Å²) >= 11 is 3.28. The zero-order chi connectivity index (χ0) is 9.84. The van der Waals surface area contributed by atoms with Gasteiger partial charge in [-0.05, 0) is 31.2 Å². The van der Waals surface area contributed by atoms with Gasteiger partial charge in [-0.2, -0.15) is 0 Å². The van der Waals surface area contributed by atoms with Crippen molar-refractivity contribution in [2.45, 2.75) is 6.92 Å². The van der Waals surface area contributed by atoms with Crippen molar-refractivity contribution >= 4 is 21.9 Å². The molecule has 1 aromatic rings. The zero-order valence-corrected chi connectivity index (χ0v) is 8.80. The summed E-state index contributed by atoms with van der Waals surface area (Å²) in [6.45, 7) is 5.10. The second-order valence-electron chi connectivity index (χ2n) is 2.62. The molecule has 0 atom stereocenters. The van der Waals surface area contributed by atoms with Crippen LogP contribution in [0.5, 0.6) is 5.75 Å². The monoisotopic (exact) mass is 240 g/mol. The van der Waals surface area contributed by atoms with Crippen LogP contribution in [0.2, 0.25) is 0 Å². The van der Waals surface area contributed by atoms with Crippen LogP contribution in [0, 0.1) is 0 Å². The van der Waals surface area contributed by atoms with E-state index in [9.17, 15) is 4.79 Å². The third-order valence-electron chi connectivity index (χ3n) is 1.37. The fraction of sp³-hybridized carbons (Fsp3) is 0.100. The van der Waals surface area contributed by atoms with Crippen molar-refractivity contribution < 1.29 is 9.53 Å². The topological polar surface area (TPSA) is 26.3 Å². The number of benzene rings is 1. The van der Waals surface area contributed by atoms with Gasteiger partial charge in [0.25, 0.3) is 0 Å². The highest BCUT2D eigenvalue weighted by atomic mass is 79.9. The second kappa shape index (κ2) is 4.23. The second-order valence-corrected chi connectivity index (χ2v) is 3.54. The molecule has 0 aliphatic heterocycles. The smallest absolute Gasteiger partial charge is 0.338 e. The summed E-state index contributed by atoms with van der Waals surface area (Å²) in [4.78, 5) is 11.1. The molecule has 3 heteroatoms. The summed E-state index contributed by atoms with van der Waals surface area (Å²) < 4.78 is 5.92. The van der Waals surface area contributed by atoms with E-state index in [1.54, 1.807) is 31.2 Å². The number of ether oxygens (including phenoxy) is 1. The van der Waals surface area contributed by atoms with Crippen LogP contribution in [-0.2, 0) is 4.79 Å². The van der Waals surface area contributed by atoms with Crippen molar-refractivity contribution in [1.29, 1.82) is 0 Å². The SMILES string of the molecule is C=C(C)C(=O)Oc1ccc(Br)cc1. The average molecular weight is 241 g/mol. The minimum Gasteiger partial charge on any atom is -0.423 e. The lowest BCUT2D eigenvalue weighted by molar-refractivity contribution is -0.130. The van der Waals surface area contributed by atoms with Crippen LogP contribution in [0.3, 0.4) is 0 Å². The lowest BCUT2D eigenvalue weighted by Crippen LogP contribution is -2.07. The maximum Gasteiger partial charge on any atom is 0.338 e. The molecule has 0 saturated carbocycles. The number of hydrogen-bond donors (Lipinski definition) is 0. The van der Waals surface area contributed by atoms with Crippen LogP contribution in [0.25, 0.3) is 0 Å². The van der Waals surface area contributed by atoms with E-state index in [1.807, 2.05) is 0 Å². The fourth-order valence-corrected chi connectivity index (χ4v) is 0.961. The molecule has 68 valence electrons. The third kappa shape index (κ3) is 3.03. The van der Waals surface area contributed by atoms with Crippen molar-refractivity contribution in [1.82, 2.24) is 0 Å². The molecule has 0 heterocycles. The van der Waals surface area contributed by atoms with Crippen LogP contribution in [0.1, 0.15) is 6.92 Å². The molecular weight excluding hydrogens is 232 g/mol. The zero-order valence-electron chi connectivity index (χ0n) is 7.21. The van der Waals surface area contributed by atoms with Crippen molar-refractivity contribution in [2.75, 3.05) is 0 Å². The minimum atomic E-state index is -0.401. The number of carbonyl (C=O) groups is 1. The highest BCUT2D eigenvalue weighted by molar-refractivity contribution is 9.10. The minimum absolute atomic E-state index is 0.392. The van der Waals surface area contributed by atoms with Crippen LogP contribution in [0.4, 0.5) is 0 Å². The summed E-state index contributed by atoms with van der Waals surface area (Å²) in [5.41, 5.74) is 0.392. The fourth-order valence-electron chi connectivity index (χ4n) is 0.697. The maximum atomic E-state index is 11.1. The Balaban J connectivity index is 2.70. The average Bonchev–Trinajstić information content (AvgIpc) is 2.08. The third-order valence-corrected chi connectivity index (χ3v) is 1.90. The van der Waals surface area contributed by atoms with E-state index >= 15 is 0 Å². The molecule has 0 aliphatic rings. The lowest BCUT2D eigenvalue weighted by atomic mass is 10.3. The van der Waals surface area contributed by atoms with E-state index in [1.165, 1.54) is 0 Å². The molecule has 13 heavy (non-hydrogen) atoms. The van der Waals surface area contributed by atoms with Crippen molar-refractivity contribution in [3.63, 3.8) is 0 Å². The first kappa shape index (κ1) is 9.99. The van der Waals surface area contributed by atoms with Gasteiger partial charge < -0.3 is 4.74 Å². The molecule has 2 nitrogen and oxygen atoms in total. The Kier molecular flexibility index (Phi) is 3.25. The van der Waals surface area contributed by atoms with Crippen LogP contribution < -0.4 is 4.74 Å². The van der Waals surface area contributed by atoms with Crippen LogP contribution in [0.15, 0.2) is 40.9 Å². The Morgan fingerprint density at radius 3 is 2.38 bits per heavy atom. The van der Waals surface area contributed by atoms with Gasteiger partial charge in [0.05, 0.1) is 0 Å². The van der Waals surface area contributed by atoms with Gasteiger partial charge in [0, 0.05) is 10.0 Å². The predicted molar refractivity (Wildman–Crippen MR) is 54.6 cm³/mol. The van der Waals surface area contributed by atoms with E-state index in [0.29, 0.717) is 11.3 Å². The molecule has 0 aliphatic carbocycles. The van der Waals surface area contributed by atoms with E-state index in [0.717, 1.165) is 4.47 Å². The largest absolute Gasteiger partial charge is 0.423 e. The predicted octanol–water partition coefficient (Wildman–Crippen LogP) is 2.93. The molecule has 1 aromatic carbocycles. The van der Waals surface area contributed by atoms with Gasteiger partial charge in [0.2, 0.25) is 0 Å². The molecular formula is C10H9BrO2. The number of halogens is 1. The van der Waals surface area contributed by atoms with E-state index in [2.05, 4.69) is 22.5 Å². The summed E-state index contributed by atoms with van der Waals surface area (Å²) in [7, 11) is 0. The van der Waals surface area contributed by atoms with Crippen LogP contribution in [-0.4, -0.2) is 5.97 Å². The standard InChI is InChI=1S/C10H9BrO2/c1-7(2)10(12)13-9-5-3-8(11)4-6-9/h3-6H,1H2,2H3. The quantitative estimate of drug-likeness (QED) is 0.452. The van der Waals surface area contributed by atoms with Crippen molar-refractivity contribution in [3.05, 3.63) is 40.9 Å². The molecule has 0 aromatic heterocycles. The van der Waals surface area contributed by atoms with E-state index < -0.39 is 5.97 Å². The summed E-state index contributed by atoms with van der Waals surface area (Å²) in [6.07, 6.45) is 0. The van der Waals surface area contributed by atoms with Crippen molar-refractivity contribution in [2.24, 2.45) is 0 Å². The first-order chi connectivity index (χ1) is 6.09. The molecule has 0 unspecified atom stereocenters. The van der Waals surface area contributed by atoms with Gasteiger partial charge in [-0.25, -0.2) is 4.79 Å². The molecule has 0 spiro atoms. The number of esters is 1. The summed E-state index contributed by atoms with van der Waals surface area (Å²) in [5, 5.41) is 0. The highest BCUT2D eigenvalue weighted by Crippen LogP contribution is 2.16. The first-order valence-corrected chi connectivity index (χ1v) is 4.52. The molecule has 0 fully saturated rings. The Hall–Kier alpha value is -1.09. The van der Waals surface area contributed by atoms with Gasteiger partial charge in [-0.15, -0.1) is 0 Å². The maximum absolute atomic E-state index is 11.1. The normalized spacial score (nSPS) is 9.38. The summed E-state index contributed by atoms with van der Waals surface area (Å²) in [5.74, 6) is 0.124. The van der Waals surface area contributed by atoms with Crippen LogP contribution >= 0.6 is 15.9 Å². The van der Waals surface area contributed by atoms with Crippen molar-refractivity contribution in [3.8, 4) is 5.75 Å². The van der Waals surface area contributed by atoms with Gasteiger partial charge in [-0.1, -0.05) is 22.5 Å². The molecule has 0 amide bonds. The van der Waals surface area contributed by atoms with Gasteiger partial charge in [0.15, 0.2) is 0 Å². The highest BCUT2D eigenvalue weighted by Gasteiger charge is 2.03. The number of hydrogen-bond acceptors (Lipinski definition) is 2. The molecule has 0 radical (unpaired) electrons.